The van der Waals surface area contributed by atoms with Gasteiger partial charge in [0, 0.05) is 6.54 Å². The third-order valence-electron chi connectivity index (χ3n) is 5.87. The molecule has 180 valence electrons. The second-order valence-electron chi connectivity index (χ2n) is 9.68. The number of benzene rings is 3. The summed E-state index contributed by atoms with van der Waals surface area (Å²) in [6.07, 6.45) is -0.630. The zero-order valence-electron chi connectivity index (χ0n) is 20.3. The van der Waals surface area contributed by atoms with Crippen LogP contribution in [0.1, 0.15) is 43.4 Å². The molecule has 0 N–H and O–H groups in total. The maximum atomic E-state index is 13.9. The summed E-state index contributed by atoms with van der Waals surface area (Å²) in [5.41, 5.74) is 1.61. The van der Waals surface area contributed by atoms with Crippen LogP contribution in [-0.2, 0) is 27.4 Å². The molecule has 0 radical (unpaired) electrons. The van der Waals surface area contributed by atoms with Crippen LogP contribution in [-0.4, -0.2) is 39.4 Å². The number of imide groups is 1. The molecular weight excluding hydrogens is 440 g/mol. The Morgan fingerprint density at radius 2 is 1.31 bits per heavy atom. The van der Waals surface area contributed by atoms with Crippen LogP contribution in [0.25, 0.3) is 0 Å². The first-order chi connectivity index (χ1) is 16.7. The van der Waals surface area contributed by atoms with Gasteiger partial charge >= 0.3 is 6.09 Å². The van der Waals surface area contributed by atoms with Gasteiger partial charge in [-0.2, -0.15) is 0 Å². The standard InChI is InChI=1S/C29H30N2O4/c1-29(2,3)35-28(34)30(19-21-13-7-4-8-14-21)25-24(23-17-11-6-12-18-23)26(32)31(27(25)33)20-22-15-9-5-10-16-22/h4-18,24-25H,19-20H2,1-3H3/t24-,25+/m0/s1. The van der Waals surface area contributed by atoms with Gasteiger partial charge < -0.3 is 4.74 Å². The Labute approximate surface area is 206 Å². The van der Waals surface area contributed by atoms with Crippen molar-refractivity contribution >= 4 is 17.9 Å². The highest BCUT2D eigenvalue weighted by Crippen LogP contribution is 2.36. The second kappa shape index (κ2) is 10.1. The third kappa shape index (κ3) is 5.60. The minimum Gasteiger partial charge on any atom is -0.444 e. The molecule has 0 spiro atoms. The molecule has 0 bridgehead atoms. The fourth-order valence-electron chi connectivity index (χ4n) is 4.31. The summed E-state index contributed by atoms with van der Waals surface area (Å²) in [6.45, 7) is 5.63. The maximum absolute atomic E-state index is 13.9. The number of hydrogen-bond donors (Lipinski definition) is 0. The maximum Gasteiger partial charge on any atom is 0.411 e. The molecule has 6 heteroatoms. The third-order valence-corrected chi connectivity index (χ3v) is 5.87. The van der Waals surface area contributed by atoms with Crippen molar-refractivity contribution in [2.45, 2.75) is 51.4 Å². The molecule has 0 saturated carbocycles. The van der Waals surface area contributed by atoms with Gasteiger partial charge in [-0.1, -0.05) is 91.0 Å². The lowest BCUT2D eigenvalue weighted by molar-refractivity contribution is -0.140. The number of carbonyl (C=O) groups is 3. The van der Waals surface area contributed by atoms with Crippen LogP contribution in [0.3, 0.4) is 0 Å². The highest BCUT2D eigenvalue weighted by molar-refractivity contribution is 6.10. The molecular formula is C29H30N2O4. The lowest BCUT2D eigenvalue weighted by Crippen LogP contribution is -2.48. The van der Waals surface area contributed by atoms with E-state index in [0.717, 1.165) is 11.1 Å². The van der Waals surface area contributed by atoms with E-state index in [9.17, 15) is 14.4 Å². The van der Waals surface area contributed by atoms with E-state index in [0.29, 0.717) is 5.56 Å². The fraction of sp³-hybridized carbons (Fsp3) is 0.276. The first-order valence-corrected chi connectivity index (χ1v) is 11.7. The summed E-state index contributed by atoms with van der Waals surface area (Å²) in [7, 11) is 0. The summed E-state index contributed by atoms with van der Waals surface area (Å²) >= 11 is 0. The Kier molecular flexibility index (Phi) is 7.01. The summed E-state index contributed by atoms with van der Waals surface area (Å²) in [5.74, 6) is -1.56. The van der Waals surface area contributed by atoms with E-state index >= 15 is 0 Å². The molecule has 1 aliphatic rings. The summed E-state index contributed by atoms with van der Waals surface area (Å²) in [5, 5.41) is 0. The van der Waals surface area contributed by atoms with Gasteiger partial charge in [0.1, 0.15) is 11.6 Å². The fourth-order valence-corrected chi connectivity index (χ4v) is 4.31. The van der Waals surface area contributed by atoms with E-state index in [1.54, 1.807) is 20.8 Å². The molecule has 0 aromatic heterocycles. The number of ether oxygens (including phenoxy) is 1. The Morgan fingerprint density at radius 1 is 0.800 bits per heavy atom. The number of amides is 3. The van der Waals surface area contributed by atoms with Crippen molar-refractivity contribution < 1.29 is 19.1 Å². The lowest BCUT2D eigenvalue weighted by Gasteiger charge is -2.32. The van der Waals surface area contributed by atoms with Crippen LogP contribution in [0.2, 0.25) is 0 Å². The molecule has 3 aromatic carbocycles. The molecule has 3 aromatic rings. The smallest absolute Gasteiger partial charge is 0.411 e. The van der Waals surface area contributed by atoms with Crippen molar-refractivity contribution in [1.82, 2.24) is 9.80 Å². The Hall–Kier alpha value is -3.93. The monoisotopic (exact) mass is 470 g/mol. The number of carbonyl (C=O) groups excluding carboxylic acids is 3. The van der Waals surface area contributed by atoms with Crippen molar-refractivity contribution in [2.24, 2.45) is 0 Å². The van der Waals surface area contributed by atoms with Crippen molar-refractivity contribution in [3.8, 4) is 0 Å². The van der Waals surface area contributed by atoms with E-state index < -0.39 is 29.6 Å². The van der Waals surface area contributed by atoms with Gasteiger partial charge in [-0.15, -0.1) is 0 Å². The first-order valence-electron chi connectivity index (χ1n) is 11.7. The van der Waals surface area contributed by atoms with Crippen LogP contribution in [0.15, 0.2) is 91.0 Å². The number of hydrogen-bond acceptors (Lipinski definition) is 4. The first kappa shape index (κ1) is 24.2. The Bertz CT molecular complexity index is 1170. The number of nitrogens with zero attached hydrogens (tertiary/aromatic N) is 2. The van der Waals surface area contributed by atoms with Gasteiger partial charge in [-0.05, 0) is 37.5 Å². The average Bonchev–Trinajstić information content (AvgIpc) is 3.08. The van der Waals surface area contributed by atoms with Crippen molar-refractivity contribution in [3.05, 3.63) is 108 Å². The molecule has 1 aliphatic heterocycles. The molecule has 0 unspecified atom stereocenters. The normalized spacial score (nSPS) is 18.0. The van der Waals surface area contributed by atoms with Crippen LogP contribution >= 0.6 is 0 Å². The van der Waals surface area contributed by atoms with Crippen molar-refractivity contribution in [3.63, 3.8) is 0 Å². The summed E-state index contributed by atoms with van der Waals surface area (Å²) < 4.78 is 5.71. The molecule has 3 amide bonds. The quantitative estimate of drug-likeness (QED) is 0.468. The minimum absolute atomic E-state index is 0.141. The van der Waals surface area contributed by atoms with E-state index in [1.165, 1.54) is 9.80 Å². The van der Waals surface area contributed by atoms with Crippen LogP contribution in [0.4, 0.5) is 4.79 Å². The van der Waals surface area contributed by atoms with Crippen LogP contribution < -0.4 is 0 Å². The molecule has 35 heavy (non-hydrogen) atoms. The topological polar surface area (TPSA) is 66.9 Å². The van der Waals surface area contributed by atoms with Crippen molar-refractivity contribution in [1.29, 1.82) is 0 Å². The van der Waals surface area contributed by atoms with Gasteiger partial charge in [-0.3, -0.25) is 19.4 Å². The highest BCUT2D eigenvalue weighted by Gasteiger charge is 2.52. The number of likely N-dealkylation sites (tertiary alicyclic amines) is 1. The minimum atomic E-state index is -1.02. The van der Waals surface area contributed by atoms with Gasteiger partial charge in [0.15, 0.2) is 0 Å². The predicted molar refractivity (Wildman–Crippen MR) is 133 cm³/mol. The molecule has 4 rings (SSSR count). The Morgan fingerprint density at radius 3 is 1.86 bits per heavy atom. The SMILES string of the molecule is CC(C)(C)OC(=O)N(Cc1ccccc1)[C@H]1C(=O)N(Cc2ccccc2)C(=O)[C@H]1c1ccccc1. The van der Waals surface area contributed by atoms with Crippen molar-refractivity contribution in [2.75, 3.05) is 0 Å². The summed E-state index contributed by atoms with van der Waals surface area (Å²) in [4.78, 5) is 43.7. The second-order valence-corrected chi connectivity index (χ2v) is 9.68. The molecule has 1 fully saturated rings. The van der Waals surface area contributed by atoms with E-state index in [2.05, 4.69) is 0 Å². The van der Waals surface area contributed by atoms with Gasteiger partial charge in [0.25, 0.3) is 5.91 Å². The molecule has 1 saturated heterocycles. The average molecular weight is 471 g/mol. The zero-order valence-corrected chi connectivity index (χ0v) is 20.3. The highest BCUT2D eigenvalue weighted by atomic mass is 16.6. The molecule has 6 nitrogen and oxygen atoms in total. The summed E-state index contributed by atoms with van der Waals surface area (Å²) in [6, 6.07) is 26.9. The molecule has 0 aliphatic carbocycles. The van der Waals surface area contributed by atoms with E-state index in [1.807, 2.05) is 91.0 Å². The van der Waals surface area contributed by atoms with E-state index in [4.69, 9.17) is 4.74 Å². The van der Waals surface area contributed by atoms with Gasteiger partial charge in [0.2, 0.25) is 5.91 Å². The zero-order chi connectivity index (χ0) is 25.0. The largest absolute Gasteiger partial charge is 0.444 e. The van der Waals surface area contributed by atoms with Gasteiger partial charge in [0.05, 0.1) is 12.5 Å². The predicted octanol–water partition coefficient (Wildman–Crippen LogP) is 5.15. The molecule has 2 atom stereocenters. The van der Waals surface area contributed by atoms with Crippen LogP contribution in [0.5, 0.6) is 0 Å². The van der Waals surface area contributed by atoms with E-state index in [-0.39, 0.29) is 19.0 Å². The number of rotatable bonds is 6. The van der Waals surface area contributed by atoms with Gasteiger partial charge in [-0.25, -0.2) is 4.79 Å². The lowest BCUT2D eigenvalue weighted by atomic mass is 9.92. The Balaban J connectivity index is 1.77. The van der Waals surface area contributed by atoms with Crippen LogP contribution in [0, 0.1) is 0 Å². The molecule has 1 heterocycles.